The van der Waals surface area contributed by atoms with Crippen molar-refractivity contribution in [1.82, 2.24) is 19.5 Å². The molecule has 0 bridgehead atoms. The molecule has 1 amide bonds. The molecular formula is C27H19ClFN5O. The van der Waals surface area contributed by atoms with Crippen molar-refractivity contribution < 1.29 is 9.18 Å². The number of rotatable bonds is 6. The van der Waals surface area contributed by atoms with Gasteiger partial charge >= 0.3 is 0 Å². The van der Waals surface area contributed by atoms with Gasteiger partial charge in [-0.3, -0.25) is 9.78 Å². The molecule has 172 valence electrons. The third-order valence-corrected chi connectivity index (χ3v) is 5.68. The first-order chi connectivity index (χ1) is 17.0. The van der Waals surface area contributed by atoms with E-state index in [-0.39, 0.29) is 11.7 Å². The summed E-state index contributed by atoms with van der Waals surface area (Å²) in [5, 5.41) is 3.20. The molecule has 5 aromatic rings. The van der Waals surface area contributed by atoms with Crippen LogP contribution in [-0.4, -0.2) is 25.4 Å². The van der Waals surface area contributed by atoms with E-state index in [0.717, 1.165) is 22.2 Å². The molecule has 5 rings (SSSR count). The molecular weight excluding hydrogens is 465 g/mol. The van der Waals surface area contributed by atoms with E-state index in [1.165, 1.54) is 24.4 Å². The summed E-state index contributed by atoms with van der Waals surface area (Å²) in [4.78, 5) is 25.2. The Morgan fingerprint density at radius 1 is 1.03 bits per heavy atom. The van der Waals surface area contributed by atoms with Gasteiger partial charge in [0.1, 0.15) is 11.6 Å². The second-order valence-corrected chi connectivity index (χ2v) is 8.24. The highest BCUT2D eigenvalue weighted by molar-refractivity contribution is 6.33. The van der Waals surface area contributed by atoms with E-state index < -0.39 is 0 Å². The van der Waals surface area contributed by atoms with Gasteiger partial charge in [0.25, 0.3) is 0 Å². The molecule has 6 nitrogen and oxygen atoms in total. The predicted molar refractivity (Wildman–Crippen MR) is 135 cm³/mol. The highest BCUT2D eigenvalue weighted by Crippen LogP contribution is 2.31. The van der Waals surface area contributed by atoms with Gasteiger partial charge in [0, 0.05) is 30.6 Å². The molecule has 0 saturated heterocycles. The molecule has 1 N–H and O–H groups in total. The van der Waals surface area contributed by atoms with E-state index in [1.54, 1.807) is 36.8 Å². The van der Waals surface area contributed by atoms with Gasteiger partial charge in [0.2, 0.25) is 5.91 Å². The SMILES string of the molecule is O=C(/C=C/c1ccccn1)Nc1cc(-c2ccc3ncn(Cc4cccc(F)c4)c3c2)c(Cl)cn1. The number of imidazole rings is 1. The minimum atomic E-state index is -0.333. The number of nitrogens with one attached hydrogen (secondary N) is 1. The summed E-state index contributed by atoms with van der Waals surface area (Å²) in [5.41, 5.74) is 4.75. The quantitative estimate of drug-likeness (QED) is 0.301. The molecule has 0 radical (unpaired) electrons. The van der Waals surface area contributed by atoms with Gasteiger partial charge in [-0.2, -0.15) is 0 Å². The smallest absolute Gasteiger partial charge is 0.249 e. The highest BCUT2D eigenvalue weighted by Gasteiger charge is 2.11. The molecule has 35 heavy (non-hydrogen) atoms. The molecule has 8 heteroatoms. The Morgan fingerprint density at radius 3 is 2.77 bits per heavy atom. The minimum absolute atomic E-state index is 0.277. The standard InChI is InChI=1S/C27H19ClFN5O/c28-23-15-31-26(33-27(35)10-8-21-6-1-2-11-30-21)14-22(23)19-7-9-24-25(13-19)34(17-32-24)16-18-4-3-5-20(29)12-18/h1-15,17H,16H2,(H,31,33,35)/b10-8+. The molecule has 3 heterocycles. The van der Waals surface area contributed by atoms with E-state index in [4.69, 9.17) is 11.6 Å². The molecule has 0 saturated carbocycles. The average Bonchev–Trinajstić information content (AvgIpc) is 3.26. The number of carbonyl (C=O) groups is 1. The number of halogens is 2. The van der Waals surface area contributed by atoms with Crippen LogP contribution in [0.25, 0.3) is 28.2 Å². The first-order valence-electron chi connectivity index (χ1n) is 10.8. The number of hydrogen-bond acceptors (Lipinski definition) is 4. The summed E-state index contributed by atoms with van der Waals surface area (Å²) in [6, 6.07) is 19.4. The first-order valence-corrected chi connectivity index (χ1v) is 11.2. The van der Waals surface area contributed by atoms with Crippen molar-refractivity contribution in [1.29, 1.82) is 0 Å². The van der Waals surface area contributed by atoms with Gasteiger partial charge in [0.05, 0.1) is 28.1 Å². The summed E-state index contributed by atoms with van der Waals surface area (Å²) >= 11 is 6.46. The molecule has 0 aliphatic rings. The third-order valence-electron chi connectivity index (χ3n) is 5.37. The molecule has 0 aliphatic carbocycles. The van der Waals surface area contributed by atoms with Crippen LogP contribution in [0, 0.1) is 5.82 Å². The number of pyridine rings is 2. The van der Waals surface area contributed by atoms with Crippen molar-refractivity contribution in [2.45, 2.75) is 6.54 Å². The number of fused-ring (bicyclic) bond motifs is 1. The monoisotopic (exact) mass is 483 g/mol. The summed E-state index contributed by atoms with van der Waals surface area (Å²) in [6.45, 7) is 0.478. The van der Waals surface area contributed by atoms with Crippen LogP contribution in [0.15, 0.2) is 91.5 Å². The van der Waals surface area contributed by atoms with E-state index >= 15 is 0 Å². The largest absolute Gasteiger partial charge is 0.326 e. The van der Waals surface area contributed by atoms with E-state index in [9.17, 15) is 9.18 Å². The lowest BCUT2D eigenvalue weighted by Crippen LogP contribution is -2.09. The predicted octanol–water partition coefficient (Wildman–Crippen LogP) is 5.99. The number of carbonyl (C=O) groups excluding carboxylic acids is 1. The molecule has 0 aliphatic heterocycles. The summed E-state index contributed by atoms with van der Waals surface area (Å²) in [6.07, 6.45) is 7.91. The van der Waals surface area contributed by atoms with Crippen LogP contribution in [0.2, 0.25) is 5.02 Å². The zero-order valence-corrected chi connectivity index (χ0v) is 19.2. The zero-order chi connectivity index (χ0) is 24.2. The van der Waals surface area contributed by atoms with Crippen LogP contribution >= 0.6 is 11.6 Å². The maximum Gasteiger partial charge on any atom is 0.249 e. The van der Waals surface area contributed by atoms with Crippen LogP contribution in [-0.2, 0) is 11.3 Å². The van der Waals surface area contributed by atoms with E-state index in [1.807, 2.05) is 41.0 Å². The summed E-state index contributed by atoms with van der Waals surface area (Å²) < 4.78 is 15.6. The number of anilines is 1. The van der Waals surface area contributed by atoms with E-state index in [2.05, 4.69) is 20.3 Å². The molecule has 0 atom stereocenters. The maximum atomic E-state index is 13.6. The number of amides is 1. The van der Waals surface area contributed by atoms with Crippen molar-refractivity contribution in [3.8, 4) is 11.1 Å². The van der Waals surface area contributed by atoms with Crippen molar-refractivity contribution in [3.63, 3.8) is 0 Å². The molecule has 0 fully saturated rings. The Hall–Kier alpha value is -4.36. The summed E-state index contributed by atoms with van der Waals surface area (Å²) in [5.74, 6) is -0.242. The van der Waals surface area contributed by atoms with Gasteiger partial charge in [-0.15, -0.1) is 0 Å². The molecule has 2 aromatic carbocycles. The van der Waals surface area contributed by atoms with Crippen molar-refractivity contribution in [2.24, 2.45) is 0 Å². The van der Waals surface area contributed by atoms with Gasteiger partial charge in [-0.05, 0) is 59.7 Å². The Bertz CT molecular complexity index is 1550. The Morgan fingerprint density at radius 2 is 1.94 bits per heavy atom. The second-order valence-electron chi connectivity index (χ2n) is 7.83. The van der Waals surface area contributed by atoms with Gasteiger partial charge in [-0.1, -0.05) is 35.9 Å². The normalized spacial score (nSPS) is 11.3. The number of hydrogen-bond donors (Lipinski definition) is 1. The molecule has 3 aromatic heterocycles. The number of benzene rings is 2. The molecule has 0 unspecified atom stereocenters. The summed E-state index contributed by atoms with van der Waals surface area (Å²) in [7, 11) is 0. The van der Waals surface area contributed by atoms with Gasteiger partial charge in [-0.25, -0.2) is 14.4 Å². The van der Waals surface area contributed by atoms with Crippen molar-refractivity contribution >= 4 is 40.4 Å². The lowest BCUT2D eigenvalue weighted by molar-refractivity contribution is -0.111. The van der Waals surface area contributed by atoms with Crippen LogP contribution < -0.4 is 5.32 Å². The second kappa shape index (κ2) is 9.87. The van der Waals surface area contributed by atoms with Crippen LogP contribution in [0.5, 0.6) is 0 Å². The first kappa shape index (κ1) is 22.4. The Kier molecular flexibility index (Phi) is 6.32. The van der Waals surface area contributed by atoms with Crippen molar-refractivity contribution in [2.75, 3.05) is 5.32 Å². The average molecular weight is 484 g/mol. The highest BCUT2D eigenvalue weighted by atomic mass is 35.5. The van der Waals surface area contributed by atoms with Crippen LogP contribution in [0.4, 0.5) is 10.2 Å². The van der Waals surface area contributed by atoms with Crippen LogP contribution in [0.3, 0.4) is 0 Å². The topological polar surface area (TPSA) is 72.7 Å². The van der Waals surface area contributed by atoms with Crippen LogP contribution in [0.1, 0.15) is 11.3 Å². The molecule has 0 spiro atoms. The fourth-order valence-corrected chi connectivity index (χ4v) is 3.93. The Labute approximate surface area is 205 Å². The lowest BCUT2D eigenvalue weighted by Gasteiger charge is -2.09. The third kappa shape index (κ3) is 5.26. The maximum absolute atomic E-state index is 13.6. The van der Waals surface area contributed by atoms with E-state index in [0.29, 0.717) is 28.6 Å². The van der Waals surface area contributed by atoms with Crippen molar-refractivity contribution in [3.05, 3.63) is 114 Å². The van der Waals surface area contributed by atoms with Gasteiger partial charge < -0.3 is 9.88 Å². The fourth-order valence-electron chi connectivity index (χ4n) is 3.71. The Balaban J connectivity index is 1.40. The zero-order valence-electron chi connectivity index (χ0n) is 18.4. The number of aromatic nitrogens is 4. The van der Waals surface area contributed by atoms with Gasteiger partial charge in [0.15, 0.2) is 0 Å². The number of nitrogens with zero attached hydrogens (tertiary/aromatic N) is 4. The fraction of sp³-hybridized carbons (Fsp3) is 0.0370. The minimum Gasteiger partial charge on any atom is -0.326 e. The lowest BCUT2D eigenvalue weighted by atomic mass is 10.1.